The van der Waals surface area contributed by atoms with Crippen molar-refractivity contribution >= 4 is 21.9 Å². The van der Waals surface area contributed by atoms with Gasteiger partial charge in [-0.05, 0) is 0 Å². The highest BCUT2D eigenvalue weighted by atomic mass is 79.9. The minimum atomic E-state index is -0.368. The number of ether oxygens (including phenoxy) is 1. The van der Waals surface area contributed by atoms with E-state index in [9.17, 15) is 4.79 Å². The van der Waals surface area contributed by atoms with Crippen molar-refractivity contribution in [1.82, 2.24) is 0 Å². The maximum atomic E-state index is 10.4. The van der Waals surface area contributed by atoms with Crippen LogP contribution in [0.5, 0.6) is 0 Å². The molecule has 0 unspecified atom stereocenters. The first-order valence-corrected chi connectivity index (χ1v) is 2.98. The molecule has 0 N–H and O–H groups in total. The molecule has 2 nitrogen and oxygen atoms in total. The molecular weight excluding hydrogens is 172 g/mol. The standard InChI is InChI=1S/C5H7BrO2/c1-3-4(6)5(7)8-2/h3-4H,1H2,2H3/t4-/m0/s1. The van der Waals surface area contributed by atoms with Crippen LogP contribution < -0.4 is 0 Å². The number of esters is 1. The summed E-state index contributed by atoms with van der Waals surface area (Å²) in [7, 11) is 1.33. The van der Waals surface area contributed by atoms with Crippen molar-refractivity contribution in [2.75, 3.05) is 7.11 Å². The molecule has 0 aromatic rings. The molecule has 46 valence electrons. The van der Waals surface area contributed by atoms with Crippen LogP contribution in [0.25, 0.3) is 0 Å². The summed E-state index contributed by atoms with van der Waals surface area (Å²) < 4.78 is 4.35. The van der Waals surface area contributed by atoms with Crippen molar-refractivity contribution in [3.05, 3.63) is 12.7 Å². The third-order valence-corrected chi connectivity index (χ3v) is 1.38. The van der Waals surface area contributed by atoms with Crippen LogP contribution in [0, 0.1) is 0 Å². The fourth-order valence-electron chi connectivity index (χ4n) is 0.209. The molecule has 0 heterocycles. The average molecular weight is 179 g/mol. The lowest BCUT2D eigenvalue weighted by molar-refractivity contribution is -0.138. The van der Waals surface area contributed by atoms with E-state index in [-0.39, 0.29) is 10.8 Å². The van der Waals surface area contributed by atoms with Gasteiger partial charge in [-0.15, -0.1) is 6.58 Å². The molecule has 0 saturated carbocycles. The normalized spacial score (nSPS) is 12.2. The van der Waals surface area contributed by atoms with Gasteiger partial charge in [-0.25, -0.2) is 0 Å². The van der Waals surface area contributed by atoms with E-state index in [0.717, 1.165) is 0 Å². The Morgan fingerprint density at radius 3 is 2.62 bits per heavy atom. The van der Waals surface area contributed by atoms with Crippen LogP contribution in [-0.2, 0) is 9.53 Å². The largest absolute Gasteiger partial charge is 0.468 e. The first kappa shape index (κ1) is 7.69. The second-order valence-electron chi connectivity index (χ2n) is 1.16. The van der Waals surface area contributed by atoms with Gasteiger partial charge < -0.3 is 4.74 Å². The maximum absolute atomic E-state index is 10.4. The van der Waals surface area contributed by atoms with E-state index in [1.165, 1.54) is 13.2 Å². The molecule has 0 amide bonds. The Kier molecular flexibility index (Phi) is 3.52. The number of alkyl halides is 1. The lowest BCUT2D eigenvalue weighted by atomic mass is 10.4. The van der Waals surface area contributed by atoms with Crippen LogP contribution in [0.4, 0.5) is 0 Å². The summed E-state index contributed by atoms with van der Waals surface area (Å²) in [6.45, 7) is 3.38. The van der Waals surface area contributed by atoms with Gasteiger partial charge in [0.05, 0.1) is 7.11 Å². The number of carbonyl (C=O) groups is 1. The highest BCUT2D eigenvalue weighted by Gasteiger charge is 2.08. The summed E-state index contributed by atoms with van der Waals surface area (Å²) in [5, 5.41) is 0. The number of halogens is 1. The van der Waals surface area contributed by atoms with E-state index in [1.54, 1.807) is 0 Å². The Morgan fingerprint density at radius 1 is 2.00 bits per heavy atom. The van der Waals surface area contributed by atoms with Crippen molar-refractivity contribution in [2.24, 2.45) is 0 Å². The van der Waals surface area contributed by atoms with E-state index >= 15 is 0 Å². The van der Waals surface area contributed by atoms with Gasteiger partial charge in [-0.1, -0.05) is 22.0 Å². The molecule has 0 radical (unpaired) electrons. The van der Waals surface area contributed by atoms with E-state index in [4.69, 9.17) is 0 Å². The Morgan fingerprint density at radius 2 is 2.50 bits per heavy atom. The van der Waals surface area contributed by atoms with E-state index < -0.39 is 0 Å². The molecule has 8 heavy (non-hydrogen) atoms. The highest BCUT2D eigenvalue weighted by molar-refractivity contribution is 9.10. The zero-order chi connectivity index (χ0) is 6.57. The molecule has 1 atom stereocenters. The molecule has 0 spiro atoms. The quantitative estimate of drug-likeness (QED) is 0.360. The molecule has 0 rings (SSSR count). The number of hydrogen-bond donors (Lipinski definition) is 0. The molecule has 3 heteroatoms. The first-order chi connectivity index (χ1) is 3.72. The number of hydrogen-bond acceptors (Lipinski definition) is 2. The zero-order valence-corrected chi connectivity index (χ0v) is 6.14. The third-order valence-electron chi connectivity index (χ3n) is 0.633. The van der Waals surface area contributed by atoms with Crippen molar-refractivity contribution in [3.8, 4) is 0 Å². The lowest BCUT2D eigenvalue weighted by Crippen LogP contribution is -2.11. The predicted octanol–water partition coefficient (Wildman–Crippen LogP) is 1.11. The van der Waals surface area contributed by atoms with E-state index in [2.05, 4.69) is 27.2 Å². The average Bonchev–Trinajstić information content (AvgIpc) is 1.84. The van der Waals surface area contributed by atoms with Gasteiger partial charge in [0, 0.05) is 0 Å². The van der Waals surface area contributed by atoms with Gasteiger partial charge in [0.1, 0.15) is 4.83 Å². The summed E-state index contributed by atoms with van der Waals surface area (Å²) in [6.07, 6.45) is 1.46. The summed E-state index contributed by atoms with van der Waals surface area (Å²) in [5.41, 5.74) is 0. The molecule has 0 aromatic carbocycles. The van der Waals surface area contributed by atoms with Crippen molar-refractivity contribution in [1.29, 1.82) is 0 Å². The molecular formula is C5H7BrO2. The lowest BCUT2D eigenvalue weighted by Gasteiger charge is -1.97. The molecule has 0 saturated heterocycles. The highest BCUT2D eigenvalue weighted by Crippen LogP contribution is 2.00. The third kappa shape index (κ3) is 2.12. The van der Waals surface area contributed by atoms with Gasteiger partial charge in [-0.2, -0.15) is 0 Å². The summed E-state index contributed by atoms with van der Waals surface area (Å²) in [6, 6.07) is 0. The van der Waals surface area contributed by atoms with Crippen LogP contribution in [0.15, 0.2) is 12.7 Å². The zero-order valence-electron chi connectivity index (χ0n) is 4.56. The molecule has 0 aliphatic carbocycles. The van der Waals surface area contributed by atoms with Crippen molar-refractivity contribution < 1.29 is 9.53 Å². The monoisotopic (exact) mass is 178 g/mol. The smallest absolute Gasteiger partial charge is 0.323 e. The fraction of sp³-hybridized carbons (Fsp3) is 0.400. The van der Waals surface area contributed by atoms with Crippen LogP contribution >= 0.6 is 15.9 Å². The van der Waals surface area contributed by atoms with Gasteiger partial charge in [0.25, 0.3) is 0 Å². The van der Waals surface area contributed by atoms with Gasteiger partial charge in [0.15, 0.2) is 0 Å². The Bertz CT molecular complexity index is 101. The fourth-order valence-corrected chi connectivity index (χ4v) is 0.396. The maximum Gasteiger partial charge on any atom is 0.323 e. The Balaban J connectivity index is 3.62. The van der Waals surface area contributed by atoms with E-state index in [0.29, 0.717) is 0 Å². The van der Waals surface area contributed by atoms with Crippen LogP contribution in [-0.4, -0.2) is 17.9 Å². The summed E-state index contributed by atoms with van der Waals surface area (Å²) in [5.74, 6) is -0.319. The Hall–Kier alpha value is -0.310. The second kappa shape index (κ2) is 3.66. The molecule has 0 bridgehead atoms. The summed E-state index contributed by atoms with van der Waals surface area (Å²) >= 11 is 3.01. The van der Waals surface area contributed by atoms with Crippen LogP contribution in [0.1, 0.15) is 0 Å². The topological polar surface area (TPSA) is 26.3 Å². The number of methoxy groups -OCH3 is 1. The first-order valence-electron chi connectivity index (χ1n) is 2.06. The second-order valence-corrected chi connectivity index (χ2v) is 2.15. The molecule has 0 aliphatic rings. The van der Waals surface area contributed by atoms with Crippen molar-refractivity contribution in [2.45, 2.75) is 4.83 Å². The number of carbonyl (C=O) groups excluding carboxylic acids is 1. The van der Waals surface area contributed by atoms with Gasteiger partial charge in [-0.3, -0.25) is 4.79 Å². The molecule has 0 fully saturated rings. The minimum Gasteiger partial charge on any atom is -0.468 e. The molecule has 0 aliphatic heterocycles. The number of rotatable bonds is 2. The minimum absolute atomic E-state index is 0.319. The predicted molar refractivity (Wildman–Crippen MR) is 34.9 cm³/mol. The summed E-state index contributed by atoms with van der Waals surface area (Å²) in [4.78, 5) is 10.0. The van der Waals surface area contributed by atoms with Gasteiger partial charge >= 0.3 is 5.97 Å². The van der Waals surface area contributed by atoms with Crippen LogP contribution in [0.3, 0.4) is 0 Å². The van der Waals surface area contributed by atoms with Crippen LogP contribution in [0.2, 0.25) is 0 Å². The SMILES string of the molecule is C=C[C@H](Br)C(=O)OC. The van der Waals surface area contributed by atoms with E-state index in [1.807, 2.05) is 0 Å². The Labute approximate surface area is 56.7 Å². The van der Waals surface area contributed by atoms with Crippen molar-refractivity contribution in [3.63, 3.8) is 0 Å². The molecule has 0 aromatic heterocycles. The van der Waals surface area contributed by atoms with Gasteiger partial charge in [0.2, 0.25) is 0 Å².